The van der Waals surface area contributed by atoms with Crippen LogP contribution in [-0.2, 0) is 17.8 Å². The Hall–Kier alpha value is -1.76. The maximum atomic E-state index is 11.9. The van der Waals surface area contributed by atoms with Crippen LogP contribution in [0.15, 0.2) is 4.79 Å². The van der Waals surface area contributed by atoms with Crippen LogP contribution in [0.2, 0.25) is 0 Å². The molecule has 0 aliphatic carbocycles. The molecule has 1 atom stereocenters. The number of hydrogen-bond donors (Lipinski definition) is 4. The van der Waals surface area contributed by atoms with E-state index in [1.54, 1.807) is 0 Å². The zero-order chi connectivity index (χ0) is 17.4. The summed E-state index contributed by atoms with van der Waals surface area (Å²) < 4.78 is 1.48. The van der Waals surface area contributed by atoms with Gasteiger partial charge in [-0.15, -0.1) is 0 Å². The van der Waals surface area contributed by atoms with Crippen molar-refractivity contribution in [3.05, 3.63) is 16.2 Å². The molecule has 1 aromatic heterocycles. The topological polar surface area (TPSA) is 116 Å². The Balaban J connectivity index is 2.51. The number of imidazole rings is 1. The van der Waals surface area contributed by atoms with Crippen LogP contribution >= 0.6 is 0 Å². The highest BCUT2D eigenvalue weighted by Gasteiger charge is 2.15. The van der Waals surface area contributed by atoms with Crippen molar-refractivity contribution >= 4 is 5.97 Å². The predicted octanol–water partition coefficient (Wildman–Crippen LogP) is 1.87. The van der Waals surface area contributed by atoms with Crippen LogP contribution in [0.25, 0.3) is 0 Å². The number of nitrogens with zero attached hydrogens (tertiary/aromatic N) is 1. The molecule has 1 unspecified atom stereocenters. The molecule has 1 aromatic rings. The molecular formula is C16H28N2O5. The van der Waals surface area contributed by atoms with Crippen molar-refractivity contribution in [2.24, 2.45) is 5.92 Å². The predicted molar refractivity (Wildman–Crippen MR) is 86.6 cm³/mol. The summed E-state index contributed by atoms with van der Waals surface area (Å²) >= 11 is 0. The number of carboxylic acid groups (broad SMARTS) is 1. The van der Waals surface area contributed by atoms with Gasteiger partial charge in [0.15, 0.2) is 0 Å². The van der Waals surface area contributed by atoms with Gasteiger partial charge in [0.2, 0.25) is 5.88 Å². The molecule has 0 amide bonds. The Morgan fingerprint density at radius 2 is 1.87 bits per heavy atom. The number of H-pyrrole nitrogens is 1. The molecule has 0 fully saturated rings. The minimum absolute atomic E-state index is 0.112. The first-order chi connectivity index (χ1) is 10.8. The minimum Gasteiger partial charge on any atom is -0.493 e. The molecule has 132 valence electrons. The normalized spacial score (nSPS) is 12.7. The van der Waals surface area contributed by atoms with E-state index in [2.05, 4.69) is 4.98 Å². The number of carbonyl (C=O) groups is 1. The van der Waals surface area contributed by atoms with E-state index < -0.39 is 12.1 Å². The van der Waals surface area contributed by atoms with Crippen LogP contribution in [0.1, 0.15) is 58.1 Å². The summed E-state index contributed by atoms with van der Waals surface area (Å²) in [6.07, 6.45) is 3.78. The Bertz CT molecular complexity index is 547. The molecule has 1 heterocycles. The van der Waals surface area contributed by atoms with E-state index in [0.717, 1.165) is 19.3 Å². The van der Waals surface area contributed by atoms with Crippen molar-refractivity contribution in [1.29, 1.82) is 0 Å². The molecule has 7 heteroatoms. The average Bonchev–Trinajstić information content (AvgIpc) is 2.73. The summed E-state index contributed by atoms with van der Waals surface area (Å²) in [6, 6.07) is 0. The summed E-state index contributed by atoms with van der Waals surface area (Å²) in [5.74, 6) is -0.777. The highest BCUT2D eigenvalue weighted by atomic mass is 16.4. The third kappa shape index (κ3) is 6.48. The third-order valence-electron chi connectivity index (χ3n) is 4.04. The van der Waals surface area contributed by atoms with Gasteiger partial charge in [0.05, 0.1) is 11.8 Å². The van der Waals surface area contributed by atoms with Gasteiger partial charge in [-0.2, -0.15) is 0 Å². The fourth-order valence-electron chi connectivity index (χ4n) is 2.50. The molecule has 23 heavy (non-hydrogen) atoms. The highest BCUT2D eigenvalue weighted by Crippen LogP contribution is 2.17. The maximum absolute atomic E-state index is 11.9. The van der Waals surface area contributed by atoms with Crippen LogP contribution in [0.5, 0.6) is 5.88 Å². The summed E-state index contributed by atoms with van der Waals surface area (Å²) in [7, 11) is 0. The van der Waals surface area contributed by atoms with Gasteiger partial charge in [-0.05, 0) is 31.6 Å². The molecule has 1 rings (SSSR count). The summed E-state index contributed by atoms with van der Waals surface area (Å²) in [6.45, 7) is 4.20. The van der Waals surface area contributed by atoms with Crippen molar-refractivity contribution in [2.75, 3.05) is 0 Å². The molecule has 0 saturated heterocycles. The number of unbranched alkanes of at least 4 members (excludes halogenated alkanes) is 3. The highest BCUT2D eigenvalue weighted by molar-refractivity contribution is 5.66. The maximum Gasteiger partial charge on any atom is 0.328 e. The molecule has 0 aliphatic heterocycles. The Morgan fingerprint density at radius 3 is 2.48 bits per heavy atom. The third-order valence-corrected chi connectivity index (χ3v) is 4.04. The SMILES string of the molecule is CC(C)C(O)CCn1c(CCCCCCC(=O)O)c(O)[nH]c1=O. The lowest BCUT2D eigenvalue weighted by atomic mass is 10.0. The smallest absolute Gasteiger partial charge is 0.328 e. The standard InChI is InChI=1S/C16H28N2O5/c1-11(2)13(19)9-10-18-12(15(22)17-16(18)23)7-5-3-4-6-8-14(20)21/h11,13,19,22H,3-10H2,1-2H3,(H,17,23)(H,20,21). The van der Waals surface area contributed by atoms with Crippen molar-refractivity contribution in [2.45, 2.75) is 71.4 Å². The Kier molecular flexibility index (Phi) is 7.88. The molecule has 0 aliphatic rings. The van der Waals surface area contributed by atoms with Crippen molar-refractivity contribution < 1.29 is 20.1 Å². The summed E-state index contributed by atoms with van der Waals surface area (Å²) in [4.78, 5) is 24.7. The van der Waals surface area contributed by atoms with E-state index in [0.29, 0.717) is 31.5 Å². The molecular weight excluding hydrogens is 300 g/mol. The Morgan fingerprint density at radius 1 is 1.22 bits per heavy atom. The largest absolute Gasteiger partial charge is 0.493 e. The van der Waals surface area contributed by atoms with Gasteiger partial charge in [0, 0.05) is 13.0 Å². The average molecular weight is 328 g/mol. The van der Waals surface area contributed by atoms with Crippen molar-refractivity contribution in [3.63, 3.8) is 0 Å². The number of aromatic amines is 1. The minimum atomic E-state index is -0.786. The first-order valence-corrected chi connectivity index (χ1v) is 8.23. The van der Waals surface area contributed by atoms with E-state index in [1.165, 1.54) is 4.57 Å². The number of aromatic hydroxyl groups is 1. The number of hydrogen-bond acceptors (Lipinski definition) is 4. The van der Waals surface area contributed by atoms with E-state index in [-0.39, 0.29) is 23.9 Å². The first kappa shape index (κ1) is 19.3. The molecule has 0 aromatic carbocycles. The van der Waals surface area contributed by atoms with Gasteiger partial charge in [0.25, 0.3) is 0 Å². The van der Waals surface area contributed by atoms with Crippen LogP contribution in [0.4, 0.5) is 0 Å². The van der Waals surface area contributed by atoms with Crippen molar-refractivity contribution in [1.82, 2.24) is 9.55 Å². The van der Waals surface area contributed by atoms with E-state index in [1.807, 2.05) is 13.8 Å². The zero-order valence-corrected chi connectivity index (χ0v) is 13.9. The van der Waals surface area contributed by atoms with E-state index >= 15 is 0 Å². The van der Waals surface area contributed by atoms with Crippen LogP contribution in [0, 0.1) is 5.92 Å². The van der Waals surface area contributed by atoms with Gasteiger partial charge in [-0.1, -0.05) is 26.7 Å². The molecule has 7 nitrogen and oxygen atoms in total. The number of carboxylic acids is 1. The van der Waals surface area contributed by atoms with Gasteiger partial charge in [-0.25, -0.2) is 4.79 Å². The lowest BCUT2D eigenvalue weighted by Crippen LogP contribution is -2.24. The van der Waals surface area contributed by atoms with Crippen LogP contribution in [-0.4, -0.2) is 36.9 Å². The number of aromatic nitrogens is 2. The van der Waals surface area contributed by atoms with Gasteiger partial charge >= 0.3 is 11.7 Å². The van der Waals surface area contributed by atoms with E-state index in [4.69, 9.17) is 5.11 Å². The van der Waals surface area contributed by atoms with Gasteiger partial charge in [-0.3, -0.25) is 14.3 Å². The van der Waals surface area contributed by atoms with E-state index in [9.17, 15) is 19.8 Å². The van der Waals surface area contributed by atoms with Crippen LogP contribution < -0.4 is 5.69 Å². The summed E-state index contributed by atoms with van der Waals surface area (Å²) in [5, 5.41) is 28.3. The van der Waals surface area contributed by atoms with Gasteiger partial charge < -0.3 is 15.3 Å². The number of nitrogens with one attached hydrogen (secondary N) is 1. The number of aliphatic hydroxyl groups excluding tert-OH is 1. The second kappa shape index (κ2) is 9.39. The second-order valence-electron chi connectivity index (χ2n) is 6.29. The zero-order valence-electron chi connectivity index (χ0n) is 13.9. The molecule has 0 saturated carbocycles. The number of rotatable bonds is 11. The molecule has 0 bridgehead atoms. The Labute approximate surface area is 136 Å². The fourth-order valence-corrected chi connectivity index (χ4v) is 2.50. The lowest BCUT2D eigenvalue weighted by molar-refractivity contribution is -0.137. The number of aliphatic carboxylic acids is 1. The van der Waals surface area contributed by atoms with Gasteiger partial charge in [0.1, 0.15) is 0 Å². The number of aliphatic hydroxyl groups is 1. The first-order valence-electron chi connectivity index (χ1n) is 8.23. The summed E-state index contributed by atoms with van der Waals surface area (Å²) in [5.41, 5.74) is 0.198. The quantitative estimate of drug-likeness (QED) is 0.463. The molecule has 4 N–H and O–H groups in total. The monoisotopic (exact) mass is 328 g/mol. The second-order valence-corrected chi connectivity index (χ2v) is 6.29. The lowest BCUT2D eigenvalue weighted by Gasteiger charge is -2.15. The molecule has 0 spiro atoms. The molecule has 0 radical (unpaired) electrons. The van der Waals surface area contributed by atoms with Crippen molar-refractivity contribution in [3.8, 4) is 5.88 Å². The fraction of sp³-hybridized carbons (Fsp3) is 0.750. The van der Waals surface area contributed by atoms with Crippen LogP contribution in [0.3, 0.4) is 0 Å².